The van der Waals surface area contributed by atoms with E-state index < -0.39 is 0 Å². The molecule has 2 nitrogen and oxygen atoms in total. The molecule has 0 bridgehead atoms. The highest BCUT2D eigenvalue weighted by atomic mass is 32.1. The van der Waals surface area contributed by atoms with Crippen molar-refractivity contribution < 1.29 is 9.47 Å². The van der Waals surface area contributed by atoms with Gasteiger partial charge in [0.15, 0.2) is 0 Å². The third-order valence-electron chi connectivity index (χ3n) is 2.74. The molecule has 17 heavy (non-hydrogen) atoms. The van der Waals surface area contributed by atoms with Crippen LogP contribution < -0.4 is 4.74 Å². The molecule has 3 heteroatoms. The van der Waals surface area contributed by atoms with Crippen molar-refractivity contribution >= 4 is 12.6 Å². The molecule has 0 saturated heterocycles. The van der Waals surface area contributed by atoms with Crippen LogP contribution in [0.4, 0.5) is 0 Å². The van der Waals surface area contributed by atoms with E-state index in [0.29, 0.717) is 12.5 Å². The third kappa shape index (κ3) is 5.46. The van der Waals surface area contributed by atoms with Gasteiger partial charge in [0, 0.05) is 0 Å². The van der Waals surface area contributed by atoms with E-state index in [-0.39, 0.29) is 0 Å². The minimum absolute atomic E-state index is 0.571. The number of benzene rings is 1. The number of hydrogen-bond acceptors (Lipinski definition) is 3. The molecule has 0 N–H and O–H groups in total. The smallest absolute Gasteiger partial charge is 0.118 e. The van der Waals surface area contributed by atoms with Crippen molar-refractivity contribution in [3.05, 3.63) is 29.8 Å². The second-order valence-electron chi connectivity index (χ2n) is 4.20. The topological polar surface area (TPSA) is 18.5 Å². The zero-order valence-corrected chi connectivity index (χ0v) is 11.6. The lowest BCUT2D eigenvalue weighted by Crippen LogP contribution is -2.11. The Morgan fingerprint density at radius 3 is 2.47 bits per heavy atom. The van der Waals surface area contributed by atoms with Crippen LogP contribution in [0.5, 0.6) is 5.75 Å². The van der Waals surface area contributed by atoms with Gasteiger partial charge in [-0.25, -0.2) is 0 Å². The van der Waals surface area contributed by atoms with Crippen LogP contribution in [0.1, 0.15) is 25.3 Å². The molecule has 0 aliphatic heterocycles. The van der Waals surface area contributed by atoms with Crippen LogP contribution in [-0.2, 0) is 11.3 Å². The average molecular weight is 254 g/mol. The van der Waals surface area contributed by atoms with Gasteiger partial charge in [0.1, 0.15) is 5.75 Å². The number of hydrogen-bond donors (Lipinski definition) is 1. The number of thiol groups is 1. The Balaban J connectivity index is 2.29. The van der Waals surface area contributed by atoms with Crippen LogP contribution in [0.2, 0.25) is 0 Å². The van der Waals surface area contributed by atoms with Crippen molar-refractivity contribution in [1.82, 2.24) is 0 Å². The first-order valence-corrected chi connectivity index (χ1v) is 6.75. The molecule has 0 fully saturated rings. The van der Waals surface area contributed by atoms with Crippen LogP contribution in [0.3, 0.4) is 0 Å². The van der Waals surface area contributed by atoms with E-state index in [1.807, 2.05) is 24.3 Å². The Morgan fingerprint density at radius 1 is 1.24 bits per heavy atom. The Bertz CT molecular complexity index is 298. The highest BCUT2D eigenvalue weighted by Crippen LogP contribution is 2.13. The minimum Gasteiger partial charge on any atom is -0.497 e. The Hall–Kier alpha value is -0.670. The average Bonchev–Trinajstić information content (AvgIpc) is 2.38. The standard InChI is InChI=1S/C14H22O2S/c1-3-4-13(11-17)10-16-9-12-5-7-14(15-2)8-6-12/h5-8,13,17H,3-4,9-11H2,1-2H3. The van der Waals surface area contributed by atoms with Gasteiger partial charge in [0.2, 0.25) is 0 Å². The predicted octanol–water partition coefficient (Wildman–Crippen LogP) is 3.56. The van der Waals surface area contributed by atoms with E-state index in [1.54, 1.807) is 7.11 Å². The molecule has 1 atom stereocenters. The first-order chi connectivity index (χ1) is 8.30. The van der Waals surface area contributed by atoms with Gasteiger partial charge in [-0.15, -0.1) is 0 Å². The van der Waals surface area contributed by atoms with Crippen molar-refractivity contribution in [2.24, 2.45) is 5.92 Å². The summed E-state index contributed by atoms with van der Waals surface area (Å²) in [4.78, 5) is 0. The quantitative estimate of drug-likeness (QED) is 0.715. The van der Waals surface area contributed by atoms with Crippen LogP contribution in [0.15, 0.2) is 24.3 Å². The maximum absolute atomic E-state index is 5.71. The fourth-order valence-electron chi connectivity index (χ4n) is 1.70. The van der Waals surface area contributed by atoms with Gasteiger partial charge in [0.05, 0.1) is 20.3 Å². The van der Waals surface area contributed by atoms with Gasteiger partial charge < -0.3 is 9.47 Å². The van der Waals surface area contributed by atoms with Crippen LogP contribution in [0, 0.1) is 5.92 Å². The summed E-state index contributed by atoms with van der Waals surface area (Å²) in [7, 11) is 1.67. The largest absolute Gasteiger partial charge is 0.497 e. The molecule has 1 rings (SSSR count). The van der Waals surface area contributed by atoms with Crippen molar-refractivity contribution in [3.63, 3.8) is 0 Å². The second-order valence-corrected chi connectivity index (χ2v) is 4.57. The third-order valence-corrected chi connectivity index (χ3v) is 3.25. The number of ether oxygens (including phenoxy) is 2. The van der Waals surface area contributed by atoms with Gasteiger partial charge in [-0.3, -0.25) is 0 Å². The van der Waals surface area contributed by atoms with Gasteiger partial charge in [-0.1, -0.05) is 25.5 Å². The maximum atomic E-state index is 5.71. The maximum Gasteiger partial charge on any atom is 0.118 e. The van der Waals surface area contributed by atoms with E-state index in [9.17, 15) is 0 Å². The molecular weight excluding hydrogens is 232 g/mol. The van der Waals surface area contributed by atoms with Crippen molar-refractivity contribution in [1.29, 1.82) is 0 Å². The Morgan fingerprint density at radius 2 is 1.94 bits per heavy atom. The van der Waals surface area contributed by atoms with E-state index in [4.69, 9.17) is 9.47 Å². The number of rotatable bonds is 8. The first-order valence-electron chi connectivity index (χ1n) is 6.11. The fourth-order valence-corrected chi connectivity index (χ4v) is 1.99. The SMILES string of the molecule is CCCC(CS)COCc1ccc(OC)cc1. The van der Waals surface area contributed by atoms with E-state index >= 15 is 0 Å². The second kappa shape index (κ2) is 8.43. The molecule has 0 aliphatic carbocycles. The molecule has 1 aromatic rings. The lowest BCUT2D eigenvalue weighted by molar-refractivity contribution is 0.0908. The normalized spacial score (nSPS) is 12.4. The van der Waals surface area contributed by atoms with Gasteiger partial charge in [-0.05, 0) is 35.8 Å². The van der Waals surface area contributed by atoms with Gasteiger partial charge in [-0.2, -0.15) is 12.6 Å². The first kappa shape index (κ1) is 14.4. The summed E-state index contributed by atoms with van der Waals surface area (Å²) in [6.07, 6.45) is 2.38. The fraction of sp³-hybridized carbons (Fsp3) is 0.571. The molecule has 0 spiro atoms. The molecule has 1 unspecified atom stereocenters. The van der Waals surface area contributed by atoms with Crippen molar-refractivity contribution in [3.8, 4) is 5.75 Å². The highest BCUT2D eigenvalue weighted by Gasteiger charge is 2.05. The molecule has 0 aliphatic rings. The van der Waals surface area contributed by atoms with E-state index in [0.717, 1.165) is 18.1 Å². The zero-order chi connectivity index (χ0) is 12.5. The minimum atomic E-state index is 0.571. The van der Waals surface area contributed by atoms with Crippen molar-refractivity contribution in [2.75, 3.05) is 19.5 Å². The molecule has 0 aromatic heterocycles. The number of methoxy groups -OCH3 is 1. The lowest BCUT2D eigenvalue weighted by Gasteiger charge is -2.13. The summed E-state index contributed by atoms with van der Waals surface area (Å²) in [5.74, 6) is 2.35. The summed E-state index contributed by atoms with van der Waals surface area (Å²) in [5.41, 5.74) is 1.18. The molecule has 1 aromatic carbocycles. The Labute approximate surface area is 110 Å². The van der Waals surface area contributed by atoms with Crippen LogP contribution in [-0.4, -0.2) is 19.5 Å². The molecule has 0 heterocycles. The van der Waals surface area contributed by atoms with Gasteiger partial charge in [0.25, 0.3) is 0 Å². The zero-order valence-electron chi connectivity index (χ0n) is 10.7. The van der Waals surface area contributed by atoms with Crippen molar-refractivity contribution in [2.45, 2.75) is 26.4 Å². The predicted molar refractivity (Wildman–Crippen MR) is 74.9 cm³/mol. The Kier molecular flexibility index (Phi) is 7.13. The van der Waals surface area contributed by atoms with Crippen LogP contribution >= 0.6 is 12.6 Å². The monoisotopic (exact) mass is 254 g/mol. The molecule has 0 saturated carbocycles. The molecular formula is C14H22O2S. The van der Waals surface area contributed by atoms with E-state index in [1.165, 1.54) is 18.4 Å². The highest BCUT2D eigenvalue weighted by molar-refractivity contribution is 7.80. The van der Waals surface area contributed by atoms with E-state index in [2.05, 4.69) is 19.6 Å². The van der Waals surface area contributed by atoms with Crippen LogP contribution in [0.25, 0.3) is 0 Å². The molecule has 0 radical (unpaired) electrons. The summed E-state index contributed by atoms with van der Waals surface area (Å²) in [5, 5.41) is 0. The molecule has 96 valence electrons. The summed E-state index contributed by atoms with van der Waals surface area (Å²) < 4.78 is 10.8. The summed E-state index contributed by atoms with van der Waals surface area (Å²) in [6, 6.07) is 7.99. The summed E-state index contributed by atoms with van der Waals surface area (Å²) >= 11 is 4.34. The van der Waals surface area contributed by atoms with Gasteiger partial charge >= 0.3 is 0 Å². The lowest BCUT2D eigenvalue weighted by atomic mass is 10.1. The summed E-state index contributed by atoms with van der Waals surface area (Å²) in [6.45, 7) is 3.65. The molecule has 0 amide bonds.